The summed E-state index contributed by atoms with van der Waals surface area (Å²) in [4.78, 5) is 12.3. The lowest BCUT2D eigenvalue weighted by molar-refractivity contribution is 1.29. The summed E-state index contributed by atoms with van der Waals surface area (Å²) < 4.78 is 0. The molecule has 0 radical (unpaired) electrons. The number of hydrogen-bond acceptors (Lipinski definition) is 2. The van der Waals surface area contributed by atoms with Crippen LogP contribution in [0.1, 0.15) is 5.56 Å². The van der Waals surface area contributed by atoms with E-state index in [2.05, 4.69) is 15.0 Å². The number of aromatic amines is 1. The molecule has 3 aromatic rings. The highest BCUT2D eigenvalue weighted by Gasteiger charge is 2.10. The highest BCUT2D eigenvalue weighted by molar-refractivity contribution is 6.28. The summed E-state index contributed by atoms with van der Waals surface area (Å²) in [7, 11) is 0. The maximum absolute atomic E-state index is 5.72. The molecule has 21 heavy (non-hydrogen) atoms. The summed E-state index contributed by atoms with van der Waals surface area (Å²) in [5.41, 5.74) is 10.5. The number of fused-ring (bicyclic) bond motifs is 1. The molecule has 0 unspecified atom stereocenters. The number of H-pyrrole nitrogens is 1. The first-order valence-electron chi connectivity index (χ1n) is 6.63. The Hall–Kier alpha value is -2.33. The second-order valence-electron chi connectivity index (χ2n) is 4.79. The summed E-state index contributed by atoms with van der Waals surface area (Å²) in [5.74, 6) is 1.45. The van der Waals surface area contributed by atoms with E-state index in [1.807, 2.05) is 49.4 Å². The van der Waals surface area contributed by atoms with Gasteiger partial charge in [0.2, 0.25) is 0 Å². The summed E-state index contributed by atoms with van der Waals surface area (Å²) in [6.45, 7) is 2.00. The van der Waals surface area contributed by atoms with Crippen molar-refractivity contribution in [2.75, 3.05) is 5.88 Å². The largest absolute Gasteiger partial charge is 0.386 e. The van der Waals surface area contributed by atoms with Crippen LogP contribution in [0.3, 0.4) is 0 Å². The van der Waals surface area contributed by atoms with E-state index in [1.54, 1.807) is 0 Å². The summed E-state index contributed by atoms with van der Waals surface area (Å²) >= 11 is 5.69. The molecule has 1 aromatic heterocycles. The molecular weight excluding hydrogens is 284 g/mol. The van der Waals surface area contributed by atoms with Crippen LogP contribution in [0.25, 0.3) is 22.4 Å². The molecule has 0 aliphatic heterocycles. The standard InChI is InChI=1S/C16H15ClN4/c1-10-11(5-4-8-12(10)19-15(18)9-17)16-20-13-6-2-3-7-14(13)21-16/h2-8H,9H2,1H3,(H2,18,19)(H,20,21). The van der Waals surface area contributed by atoms with Gasteiger partial charge in [0.25, 0.3) is 0 Å². The second-order valence-corrected chi connectivity index (χ2v) is 5.06. The van der Waals surface area contributed by atoms with Crippen LogP contribution in [-0.2, 0) is 0 Å². The average molecular weight is 299 g/mol. The number of nitrogens with zero attached hydrogens (tertiary/aromatic N) is 2. The van der Waals surface area contributed by atoms with Gasteiger partial charge in [0.05, 0.1) is 22.6 Å². The molecule has 2 aromatic carbocycles. The van der Waals surface area contributed by atoms with Crippen molar-refractivity contribution in [1.82, 2.24) is 9.97 Å². The third-order valence-electron chi connectivity index (χ3n) is 3.35. The summed E-state index contributed by atoms with van der Waals surface area (Å²) in [5, 5.41) is 0. The molecular formula is C16H15ClN4. The number of amidine groups is 1. The van der Waals surface area contributed by atoms with Crippen molar-refractivity contribution in [3.63, 3.8) is 0 Å². The zero-order chi connectivity index (χ0) is 14.8. The van der Waals surface area contributed by atoms with Crippen LogP contribution in [0.5, 0.6) is 0 Å². The lowest BCUT2D eigenvalue weighted by atomic mass is 10.1. The van der Waals surface area contributed by atoms with Gasteiger partial charge in [-0.1, -0.05) is 24.3 Å². The zero-order valence-corrected chi connectivity index (χ0v) is 12.4. The van der Waals surface area contributed by atoms with Gasteiger partial charge in [0, 0.05) is 5.56 Å². The Bertz CT molecular complexity index is 787. The van der Waals surface area contributed by atoms with Crippen molar-refractivity contribution in [2.24, 2.45) is 10.7 Å². The zero-order valence-electron chi connectivity index (χ0n) is 11.6. The van der Waals surface area contributed by atoms with E-state index in [9.17, 15) is 0 Å². The fourth-order valence-corrected chi connectivity index (χ4v) is 2.33. The number of para-hydroxylation sites is 2. The van der Waals surface area contributed by atoms with Gasteiger partial charge < -0.3 is 10.7 Å². The quantitative estimate of drug-likeness (QED) is 0.439. The minimum Gasteiger partial charge on any atom is -0.386 e. The van der Waals surface area contributed by atoms with E-state index in [-0.39, 0.29) is 5.88 Å². The van der Waals surface area contributed by atoms with E-state index in [0.717, 1.165) is 33.7 Å². The molecule has 0 fully saturated rings. The summed E-state index contributed by atoms with van der Waals surface area (Å²) in [6.07, 6.45) is 0. The number of aliphatic imine (C=N–C) groups is 1. The van der Waals surface area contributed by atoms with Gasteiger partial charge in [0.15, 0.2) is 0 Å². The molecule has 0 aliphatic carbocycles. The molecule has 0 bridgehead atoms. The van der Waals surface area contributed by atoms with Crippen molar-refractivity contribution in [1.29, 1.82) is 0 Å². The maximum atomic E-state index is 5.72. The molecule has 4 nitrogen and oxygen atoms in total. The maximum Gasteiger partial charge on any atom is 0.138 e. The topological polar surface area (TPSA) is 67.1 Å². The number of aromatic nitrogens is 2. The molecule has 1 heterocycles. The molecule has 0 saturated heterocycles. The predicted molar refractivity (Wildman–Crippen MR) is 88.3 cm³/mol. The smallest absolute Gasteiger partial charge is 0.138 e. The fraction of sp³-hybridized carbons (Fsp3) is 0.125. The van der Waals surface area contributed by atoms with Crippen LogP contribution in [0.2, 0.25) is 0 Å². The number of benzene rings is 2. The van der Waals surface area contributed by atoms with Gasteiger partial charge in [-0.25, -0.2) is 9.98 Å². The lowest BCUT2D eigenvalue weighted by Crippen LogP contribution is -2.12. The second kappa shape index (κ2) is 5.58. The first-order chi connectivity index (χ1) is 10.2. The normalized spacial score (nSPS) is 12.0. The average Bonchev–Trinajstić information content (AvgIpc) is 2.92. The Balaban J connectivity index is 2.12. The summed E-state index contributed by atoms with van der Waals surface area (Å²) in [6, 6.07) is 13.8. The van der Waals surface area contributed by atoms with Crippen LogP contribution in [0.15, 0.2) is 47.5 Å². The van der Waals surface area contributed by atoms with E-state index in [1.165, 1.54) is 0 Å². The van der Waals surface area contributed by atoms with E-state index >= 15 is 0 Å². The minimum absolute atomic E-state index is 0.217. The predicted octanol–water partition coefficient (Wildman–Crippen LogP) is 3.77. The van der Waals surface area contributed by atoms with Crippen molar-refractivity contribution in [3.05, 3.63) is 48.0 Å². The number of nitrogens with one attached hydrogen (secondary N) is 1. The Morgan fingerprint density at radius 3 is 2.81 bits per heavy atom. The molecule has 0 amide bonds. The monoisotopic (exact) mass is 298 g/mol. The Labute approximate surface area is 127 Å². The molecule has 0 spiro atoms. The van der Waals surface area contributed by atoms with Gasteiger partial charge in [-0.3, -0.25) is 0 Å². The van der Waals surface area contributed by atoms with Gasteiger partial charge in [-0.05, 0) is 30.7 Å². The SMILES string of the molecule is Cc1c(N=C(N)CCl)cccc1-c1nc2ccccc2[nH]1. The van der Waals surface area contributed by atoms with E-state index in [4.69, 9.17) is 17.3 Å². The van der Waals surface area contributed by atoms with Crippen LogP contribution in [0.4, 0.5) is 5.69 Å². The van der Waals surface area contributed by atoms with Gasteiger partial charge >= 0.3 is 0 Å². The highest BCUT2D eigenvalue weighted by atomic mass is 35.5. The third kappa shape index (κ3) is 2.62. The van der Waals surface area contributed by atoms with Crippen LogP contribution in [-0.4, -0.2) is 21.7 Å². The minimum atomic E-state index is 0.217. The molecule has 0 aliphatic rings. The number of alkyl halides is 1. The molecule has 0 saturated carbocycles. The van der Waals surface area contributed by atoms with Gasteiger partial charge in [-0.15, -0.1) is 11.6 Å². The first kappa shape index (κ1) is 13.6. The van der Waals surface area contributed by atoms with Crippen LogP contribution in [0, 0.1) is 6.92 Å². The molecule has 106 valence electrons. The first-order valence-corrected chi connectivity index (χ1v) is 7.16. The lowest BCUT2D eigenvalue weighted by Gasteiger charge is -2.06. The number of nitrogens with two attached hydrogens (primary N) is 1. The molecule has 3 rings (SSSR count). The Morgan fingerprint density at radius 1 is 1.24 bits per heavy atom. The fourth-order valence-electron chi connectivity index (χ4n) is 2.27. The van der Waals surface area contributed by atoms with Crippen molar-refractivity contribution in [2.45, 2.75) is 6.92 Å². The van der Waals surface area contributed by atoms with Crippen LogP contribution < -0.4 is 5.73 Å². The third-order valence-corrected chi connectivity index (χ3v) is 3.62. The Kier molecular flexibility index (Phi) is 3.62. The van der Waals surface area contributed by atoms with Crippen molar-refractivity contribution < 1.29 is 0 Å². The van der Waals surface area contributed by atoms with E-state index < -0.39 is 0 Å². The molecule has 3 N–H and O–H groups in total. The van der Waals surface area contributed by atoms with Gasteiger partial charge in [0.1, 0.15) is 11.7 Å². The van der Waals surface area contributed by atoms with Crippen molar-refractivity contribution >= 4 is 34.2 Å². The van der Waals surface area contributed by atoms with E-state index in [0.29, 0.717) is 5.84 Å². The number of halogens is 1. The number of rotatable bonds is 3. The number of imidazole rings is 1. The van der Waals surface area contributed by atoms with Crippen molar-refractivity contribution in [3.8, 4) is 11.4 Å². The molecule has 0 atom stereocenters. The highest BCUT2D eigenvalue weighted by Crippen LogP contribution is 2.29. The van der Waals surface area contributed by atoms with Gasteiger partial charge in [-0.2, -0.15) is 0 Å². The number of hydrogen-bond donors (Lipinski definition) is 2. The Morgan fingerprint density at radius 2 is 2.05 bits per heavy atom. The van der Waals surface area contributed by atoms with Crippen LogP contribution >= 0.6 is 11.6 Å². The molecule has 5 heteroatoms.